The first-order valence-corrected chi connectivity index (χ1v) is 8.06. The fourth-order valence-electron chi connectivity index (χ4n) is 2.49. The summed E-state index contributed by atoms with van der Waals surface area (Å²) in [4.78, 5) is 17.1. The van der Waals surface area contributed by atoms with Crippen molar-refractivity contribution in [1.29, 1.82) is 0 Å². The molecule has 0 aliphatic rings. The number of halogens is 1. The fourth-order valence-corrected chi connectivity index (χ4v) is 3.14. The van der Waals surface area contributed by atoms with E-state index >= 15 is 0 Å². The van der Waals surface area contributed by atoms with Gasteiger partial charge in [-0.3, -0.25) is 9.20 Å². The number of hydrogen-bond donors (Lipinski definition) is 1. The third-order valence-corrected chi connectivity index (χ3v) is 4.26. The number of anilines is 1. The number of fused-ring (bicyclic) bond motifs is 1. The summed E-state index contributed by atoms with van der Waals surface area (Å²) in [5.74, 6) is -0.139. The molecule has 112 valence electrons. The number of aryl methyl sites for hydroxylation is 3. The van der Waals surface area contributed by atoms with Crippen LogP contribution in [-0.4, -0.2) is 15.3 Å². The number of benzene rings is 1. The van der Waals surface area contributed by atoms with Crippen molar-refractivity contribution in [2.75, 3.05) is 5.32 Å². The topological polar surface area (TPSA) is 46.4 Å². The number of aromatic nitrogens is 2. The van der Waals surface area contributed by atoms with Gasteiger partial charge >= 0.3 is 0 Å². The van der Waals surface area contributed by atoms with Crippen LogP contribution in [0, 0.1) is 24.3 Å². The number of nitrogens with one attached hydrogen (secondary N) is 1. The van der Waals surface area contributed by atoms with Crippen LogP contribution in [0.15, 0.2) is 36.5 Å². The van der Waals surface area contributed by atoms with Crippen molar-refractivity contribution in [3.8, 4) is 0 Å². The monoisotopic (exact) mass is 405 g/mol. The van der Waals surface area contributed by atoms with E-state index in [0.717, 1.165) is 31.7 Å². The molecule has 0 radical (unpaired) electrons. The zero-order valence-corrected chi connectivity index (χ0v) is 14.8. The van der Waals surface area contributed by atoms with Crippen molar-refractivity contribution in [2.24, 2.45) is 0 Å². The summed E-state index contributed by atoms with van der Waals surface area (Å²) in [6.45, 7) is 5.85. The Balaban J connectivity index is 2.02. The molecule has 1 N–H and O–H groups in total. The van der Waals surface area contributed by atoms with Gasteiger partial charge in [0.15, 0.2) is 0 Å². The van der Waals surface area contributed by atoms with Crippen LogP contribution in [0.5, 0.6) is 0 Å². The summed E-state index contributed by atoms with van der Waals surface area (Å²) in [6.07, 6.45) is 1.94. The molecule has 3 rings (SSSR count). The molecule has 0 aliphatic carbocycles. The molecule has 1 amide bonds. The predicted molar refractivity (Wildman–Crippen MR) is 96.5 cm³/mol. The second kappa shape index (κ2) is 5.72. The zero-order chi connectivity index (χ0) is 15.9. The second-order valence-corrected chi connectivity index (χ2v) is 6.64. The number of imidazole rings is 1. The molecule has 0 atom stereocenters. The molecule has 0 spiro atoms. The quantitative estimate of drug-likeness (QED) is 0.653. The molecule has 4 nitrogen and oxygen atoms in total. The highest BCUT2D eigenvalue weighted by Gasteiger charge is 2.17. The van der Waals surface area contributed by atoms with Gasteiger partial charge in [-0.15, -0.1) is 0 Å². The Morgan fingerprint density at radius 2 is 1.95 bits per heavy atom. The lowest BCUT2D eigenvalue weighted by molar-refractivity contribution is 0.102. The van der Waals surface area contributed by atoms with Crippen molar-refractivity contribution in [3.05, 3.63) is 62.6 Å². The number of rotatable bonds is 2. The van der Waals surface area contributed by atoms with Crippen molar-refractivity contribution in [2.45, 2.75) is 20.8 Å². The largest absolute Gasteiger partial charge is 0.320 e. The highest BCUT2D eigenvalue weighted by atomic mass is 127. The Hall–Kier alpha value is -1.89. The third kappa shape index (κ3) is 2.72. The summed E-state index contributed by atoms with van der Waals surface area (Å²) in [7, 11) is 0. The van der Waals surface area contributed by atoms with Gasteiger partial charge in [-0.2, -0.15) is 0 Å². The highest BCUT2D eigenvalue weighted by molar-refractivity contribution is 14.1. The van der Waals surface area contributed by atoms with Gasteiger partial charge in [-0.25, -0.2) is 4.98 Å². The van der Waals surface area contributed by atoms with Crippen LogP contribution in [-0.2, 0) is 0 Å². The fraction of sp³-hybridized carbons (Fsp3) is 0.176. The van der Waals surface area contributed by atoms with Gasteiger partial charge in [-0.1, -0.05) is 6.07 Å². The van der Waals surface area contributed by atoms with Crippen molar-refractivity contribution < 1.29 is 4.79 Å². The van der Waals surface area contributed by atoms with E-state index in [1.165, 1.54) is 0 Å². The summed E-state index contributed by atoms with van der Waals surface area (Å²) in [6, 6.07) is 9.87. The molecule has 0 aliphatic heterocycles. The normalized spacial score (nSPS) is 10.9. The Morgan fingerprint density at radius 1 is 1.18 bits per heavy atom. The molecule has 0 unspecified atom stereocenters. The number of carbonyl (C=O) groups excluding carboxylic acids is 1. The predicted octanol–water partition coefficient (Wildman–Crippen LogP) is 4.12. The molecule has 1 aromatic carbocycles. The average molecular weight is 405 g/mol. The third-order valence-electron chi connectivity index (χ3n) is 3.59. The number of nitrogens with zero attached hydrogens (tertiary/aromatic N) is 2. The first kappa shape index (κ1) is 15.0. The standard InChI is InChI=1S/C17H16IN3O/c1-10-4-7-15-19-12(3)16(21(15)9-10)17(22)20-14-6-5-13(18)8-11(14)2/h4-9H,1-3H3,(H,20,22). The van der Waals surface area contributed by atoms with E-state index in [-0.39, 0.29) is 5.91 Å². The molecule has 2 heterocycles. The minimum absolute atomic E-state index is 0.139. The summed E-state index contributed by atoms with van der Waals surface area (Å²) in [5, 5.41) is 2.99. The Morgan fingerprint density at radius 3 is 2.68 bits per heavy atom. The molecule has 0 fully saturated rings. The zero-order valence-electron chi connectivity index (χ0n) is 12.6. The van der Waals surface area contributed by atoms with E-state index in [9.17, 15) is 4.79 Å². The Labute approximate surface area is 142 Å². The lowest BCUT2D eigenvalue weighted by Gasteiger charge is -2.09. The number of pyridine rings is 1. The first-order chi connectivity index (χ1) is 10.5. The van der Waals surface area contributed by atoms with Gasteiger partial charge in [0.2, 0.25) is 0 Å². The van der Waals surface area contributed by atoms with Crippen LogP contribution < -0.4 is 5.32 Å². The molecule has 2 aromatic heterocycles. The highest BCUT2D eigenvalue weighted by Crippen LogP contribution is 2.20. The maximum absolute atomic E-state index is 12.7. The number of hydrogen-bond acceptors (Lipinski definition) is 2. The van der Waals surface area contributed by atoms with E-state index in [0.29, 0.717) is 5.69 Å². The van der Waals surface area contributed by atoms with Gasteiger partial charge in [0.25, 0.3) is 5.91 Å². The van der Waals surface area contributed by atoms with Crippen molar-refractivity contribution in [1.82, 2.24) is 9.38 Å². The summed E-state index contributed by atoms with van der Waals surface area (Å²) < 4.78 is 3.00. The second-order valence-electron chi connectivity index (χ2n) is 5.39. The number of amides is 1. The van der Waals surface area contributed by atoms with Gasteiger partial charge in [-0.05, 0) is 78.8 Å². The molecule has 0 bridgehead atoms. The van der Waals surface area contributed by atoms with E-state index < -0.39 is 0 Å². The van der Waals surface area contributed by atoms with Gasteiger partial charge in [0.1, 0.15) is 11.3 Å². The smallest absolute Gasteiger partial charge is 0.274 e. The van der Waals surface area contributed by atoms with Gasteiger partial charge < -0.3 is 5.32 Å². The molecule has 0 saturated heterocycles. The average Bonchev–Trinajstić information content (AvgIpc) is 2.77. The summed E-state index contributed by atoms with van der Waals surface area (Å²) in [5.41, 5.74) is 5.05. The minimum Gasteiger partial charge on any atom is -0.320 e. The van der Waals surface area contributed by atoms with Crippen molar-refractivity contribution in [3.63, 3.8) is 0 Å². The summed E-state index contributed by atoms with van der Waals surface area (Å²) >= 11 is 2.26. The first-order valence-electron chi connectivity index (χ1n) is 6.98. The van der Waals surface area contributed by atoms with E-state index in [1.807, 2.05) is 61.7 Å². The van der Waals surface area contributed by atoms with Crippen LogP contribution in [0.2, 0.25) is 0 Å². The van der Waals surface area contributed by atoms with E-state index in [1.54, 1.807) is 0 Å². The van der Waals surface area contributed by atoms with Crippen LogP contribution in [0.1, 0.15) is 27.3 Å². The van der Waals surface area contributed by atoms with Crippen LogP contribution in [0.3, 0.4) is 0 Å². The minimum atomic E-state index is -0.139. The van der Waals surface area contributed by atoms with Crippen LogP contribution in [0.25, 0.3) is 5.65 Å². The number of carbonyl (C=O) groups is 1. The Kier molecular flexibility index (Phi) is 3.90. The SMILES string of the molecule is Cc1ccc2nc(C)c(C(=O)Nc3ccc(I)cc3C)n2c1. The molecular formula is C17H16IN3O. The van der Waals surface area contributed by atoms with Crippen molar-refractivity contribution >= 4 is 39.8 Å². The Bertz CT molecular complexity index is 883. The van der Waals surface area contributed by atoms with Gasteiger partial charge in [0.05, 0.1) is 5.69 Å². The molecule has 3 aromatic rings. The van der Waals surface area contributed by atoms with Gasteiger partial charge in [0, 0.05) is 15.5 Å². The lowest BCUT2D eigenvalue weighted by atomic mass is 10.2. The van der Waals surface area contributed by atoms with E-state index in [4.69, 9.17) is 0 Å². The molecular weight excluding hydrogens is 389 g/mol. The van der Waals surface area contributed by atoms with Crippen LogP contribution >= 0.6 is 22.6 Å². The maximum atomic E-state index is 12.7. The molecule has 0 saturated carbocycles. The maximum Gasteiger partial charge on any atom is 0.274 e. The lowest BCUT2D eigenvalue weighted by Crippen LogP contribution is -2.16. The molecule has 22 heavy (non-hydrogen) atoms. The van der Waals surface area contributed by atoms with Crippen LogP contribution in [0.4, 0.5) is 5.69 Å². The van der Waals surface area contributed by atoms with E-state index in [2.05, 4.69) is 32.9 Å². The molecule has 5 heteroatoms.